The number of ether oxygens (including phenoxy) is 2. The van der Waals surface area contributed by atoms with Gasteiger partial charge in [0.25, 0.3) is 0 Å². The van der Waals surface area contributed by atoms with Crippen LogP contribution in [0.4, 0.5) is 15.8 Å². The van der Waals surface area contributed by atoms with Crippen molar-refractivity contribution in [3.05, 3.63) is 78.1 Å². The molecule has 0 amide bonds. The van der Waals surface area contributed by atoms with Crippen LogP contribution in [0.15, 0.2) is 71.6 Å². The molecule has 0 saturated carbocycles. The summed E-state index contributed by atoms with van der Waals surface area (Å²) in [6, 6.07) is 21.2. The molecule has 0 bridgehead atoms. The van der Waals surface area contributed by atoms with Gasteiger partial charge in [0.15, 0.2) is 0 Å². The second-order valence-corrected chi connectivity index (χ2v) is 8.51. The van der Waals surface area contributed by atoms with Gasteiger partial charge in [-0.05, 0) is 72.1 Å². The maximum Gasteiger partial charge on any atom is 0.134 e. The van der Waals surface area contributed by atoms with E-state index >= 15 is 0 Å². The largest absolute Gasteiger partial charge is 0.497 e. The van der Waals surface area contributed by atoms with Crippen molar-refractivity contribution in [1.29, 1.82) is 0 Å². The zero-order chi connectivity index (χ0) is 22.3. The van der Waals surface area contributed by atoms with Crippen molar-refractivity contribution in [3.63, 3.8) is 0 Å². The first kappa shape index (κ1) is 22.3. The van der Waals surface area contributed by atoms with Crippen molar-refractivity contribution in [2.24, 2.45) is 0 Å². The van der Waals surface area contributed by atoms with Crippen LogP contribution in [0.2, 0.25) is 0 Å². The lowest BCUT2D eigenvalue weighted by atomic mass is 10.1. The fourth-order valence-corrected chi connectivity index (χ4v) is 4.53. The van der Waals surface area contributed by atoms with Crippen LogP contribution in [-0.2, 0) is 6.54 Å². The number of hydrogen-bond donors (Lipinski definition) is 1. The van der Waals surface area contributed by atoms with E-state index in [4.69, 9.17) is 9.47 Å². The van der Waals surface area contributed by atoms with Crippen LogP contribution in [0.5, 0.6) is 11.5 Å². The number of hydrogen-bond acceptors (Lipinski definition) is 6. The van der Waals surface area contributed by atoms with Gasteiger partial charge < -0.3 is 19.1 Å². The van der Waals surface area contributed by atoms with Gasteiger partial charge in [0.05, 0.1) is 19.1 Å². The fraction of sp³-hybridized carbons (Fsp3) is 0.280. The molecule has 1 aliphatic heterocycles. The van der Waals surface area contributed by atoms with Crippen LogP contribution < -0.4 is 19.1 Å². The molecule has 0 atom stereocenters. The summed E-state index contributed by atoms with van der Waals surface area (Å²) in [5.74, 6) is 1.26. The summed E-state index contributed by atoms with van der Waals surface area (Å²) in [5, 5.41) is 0. The Morgan fingerprint density at radius 1 is 0.875 bits per heavy atom. The van der Waals surface area contributed by atoms with Crippen molar-refractivity contribution < 1.29 is 13.9 Å². The summed E-state index contributed by atoms with van der Waals surface area (Å²) in [6.07, 6.45) is 0. The molecule has 1 heterocycles. The monoisotopic (exact) mass is 453 g/mol. The number of halogens is 1. The van der Waals surface area contributed by atoms with Crippen LogP contribution >= 0.6 is 11.9 Å². The second kappa shape index (κ2) is 10.6. The van der Waals surface area contributed by atoms with E-state index < -0.39 is 0 Å². The molecule has 32 heavy (non-hydrogen) atoms. The highest BCUT2D eigenvalue weighted by atomic mass is 32.2. The molecule has 0 spiro atoms. The normalized spacial score (nSPS) is 14.3. The highest BCUT2D eigenvalue weighted by Crippen LogP contribution is 2.31. The molecule has 0 unspecified atom stereocenters. The molecule has 1 saturated heterocycles. The zero-order valence-corrected chi connectivity index (χ0v) is 19.2. The number of methoxy groups -OCH3 is 2. The second-order valence-electron chi connectivity index (χ2n) is 7.66. The van der Waals surface area contributed by atoms with Gasteiger partial charge in [-0.15, -0.1) is 0 Å². The maximum absolute atomic E-state index is 13.5. The molecule has 1 fully saturated rings. The standard InChI is InChI=1S/C25H28FN3O2S/c1-30-23-10-8-22(9-11-23)29-15-13-28(14-16-29)18-19-3-6-21(7-4-19)27-32-25-17-20(26)5-12-24(25)31-2/h3-12,17,27H,13-16,18H2,1-2H3. The average Bonchev–Trinajstić information content (AvgIpc) is 2.84. The number of benzene rings is 3. The van der Waals surface area contributed by atoms with Crippen molar-refractivity contribution in [1.82, 2.24) is 4.90 Å². The van der Waals surface area contributed by atoms with Crippen molar-refractivity contribution >= 4 is 23.3 Å². The fourth-order valence-electron chi connectivity index (χ4n) is 3.74. The molecule has 5 nitrogen and oxygen atoms in total. The number of anilines is 2. The third-order valence-corrected chi connectivity index (χ3v) is 6.45. The summed E-state index contributed by atoms with van der Waals surface area (Å²) in [5.41, 5.74) is 3.49. The van der Waals surface area contributed by atoms with E-state index in [1.165, 1.54) is 35.3 Å². The molecule has 1 aliphatic rings. The van der Waals surface area contributed by atoms with Crippen molar-refractivity contribution in [3.8, 4) is 11.5 Å². The molecule has 3 aromatic rings. The summed E-state index contributed by atoms with van der Waals surface area (Å²) >= 11 is 1.34. The van der Waals surface area contributed by atoms with Crippen LogP contribution in [0.3, 0.4) is 0 Å². The minimum atomic E-state index is -0.280. The molecular formula is C25H28FN3O2S. The Hall–Kier alpha value is -2.90. The number of piperazine rings is 1. The van der Waals surface area contributed by atoms with E-state index in [0.29, 0.717) is 10.6 Å². The van der Waals surface area contributed by atoms with E-state index in [-0.39, 0.29) is 5.82 Å². The van der Waals surface area contributed by atoms with Gasteiger partial charge in [-0.3, -0.25) is 4.90 Å². The lowest BCUT2D eigenvalue weighted by molar-refractivity contribution is 0.250. The quantitative estimate of drug-likeness (QED) is 0.468. The molecule has 0 radical (unpaired) electrons. The van der Waals surface area contributed by atoms with Gasteiger partial charge in [-0.1, -0.05) is 12.1 Å². The van der Waals surface area contributed by atoms with E-state index in [2.05, 4.69) is 50.9 Å². The molecule has 3 aromatic carbocycles. The minimum Gasteiger partial charge on any atom is -0.497 e. The Morgan fingerprint density at radius 2 is 1.59 bits per heavy atom. The van der Waals surface area contributed by atoms with E-state index in [1.807, 2.05) is 12.1 Å². The lowest BCUT2D eigenvalue weighted by Crippen LogP contribution is -2.45. The summed E-state index contributed by atoms with van der Waals surface area (Å²) in [7, 11) is 3.28. The molecular weight excluding hydrogens is 425 g/mol. The third kappa shape index (κ3) is 5.66. The van der Waals surface area contributed by atoms with E-state index in [9.17, 15) is 4.39 Å². The number of nitrogens with one attached hydrogen (secondary N) is 1. The maximum atomic E-state index is 13.5. The predicted octanol–water partition coefficient (Wildman–Crippen LogP) is 5.28. The van der Waals surface area contributed by atoms with Gasteiger partial charge >= 0.3 is 0 Å². The Bertz CT molecular complexity index is 1010. The van der Waals surface area contributed by atoms with Gasteiger partial charge in [-0.25, -0.2) is 4.39 Å². The zero-order valence-electron chi connectivity index (χ0n) is 18.4. The molecule has 0 aromatic heterocycles. The third-order valence-electron chi connectivity index (χ3n) is 5.57. The molecule has 0 aliphatic carbocycles. The first-order chi connectivity index (χ1) is 15.6. The van der Waals surface area contributed by atoms with Gasteiger partial charge in [0.1, 0.15) is 17.3 Å². The summed E-state index contributed by atoms with van der Waals surface area (Å²) < 4.78 is 27.3. The Labute approximate surface area is 193 Å². The highest BCUT2D eigenvalue weighted by molar-refractivity contribution is 8.00. The van der Waals surface area contributed by atoms with Gasteiger partial charge in [-0.2, -0.15) is 0 Å². The minimum absolute atomic E-state index is 0.280. The van der Waals surface area contributed by atoms with E-state index in [0.717, 1.165) is 44.2 Å². The van der Waals surface area contributed by atoms with Gasteiger partial charge in [0, 0.05) is 44.1 Å². The van der Waals surface area contributed by atoms with Crippen molar-refractivity contribution in [2.75, 3.05) is 50.0 Å². The Kier molecular flexibility index (Phi) is 7.39. The predicted molar refractivity (Wildman–Crippen MR) is 129 cm³/mol. The SMILES string of the molecule is COc1ccc(N2CCN(Cc3ccc(NSc4cc(F)ccc4OC)cc3)CC2)cc1. The first-order valence-corrected chi connectivity index (χ1v) is 11.4. The van der Waals surface area contributed by atoms with Gasteiger partial charge in [0.2, 0.25) is 0 Å². The smallest absolute Gasteiger partial charge is 0.134 e. The summed E-state index contributed by atoms with van der Waals surface area (Å²) in [6.45, 7) is 5.01. The van der Waals surface area contributed by atoms with Crippen LogP contribution in [0.1, 0.15) is 5.56 Å². The Balaban J connectivity index is 1.26. The molecule has 1 N–H and O–H groups in total. The highest BCUT2D eigenvalue weighted by Gasteiger charge is 2.17. The van der Waals surface area contributed by atoms with E-state index in [1.54, 1.807) is 20.3 Å². The Morgan fingerprint density at radius 3 is 2.25 bits per heavy atom. The van der Waals surface area contributed by atoms with Crippen LogP contribution in [0, 0.1) is 5.82 Å². The first-order valence-electron chi connectivity index (χ1n) is 10.6. The molecule has 168 valence electrons. The van der Waals surface area contributed by atoms with Crippen LogP contribution in [0.25, 0.3) is 0 Å². The summed E-state index contributed by atoms with van der Waals surface area (Å²) in [4.78, 5) is 5.61. The van der Waals surface area contributed by atoms with Crippen LogP contribution in [-0.4, -0.2) is 45.3 Å². The number of rotatable bonds is 8. The average molecular weight is 454 g/mol. The topological polar surface area (TPSA) is 37.0 Å². The molecule has 4 rings (SSSR count). The van der Waals surface area contributed by atoms with Crippen molar-refractivity contribution in [2.45, 2.75) is 11.4 Å². The lowest BCUT2D eigenvalue weighted by Gasteiger charge is -2.36. The number of nitrogens with zero attached hydrogens (tertiary/aromatic N) is 2. The molecule has 7 heteroatoms.